The second kappa shape index (κ2) is 7.31. The Balaban J connectivity index is 1.64. The molecule has 0 saturated heterocycles. The summed E-state index contributed by atoms with van der Waals surface area (Å²) in [6, 6.07) is 19.3. The summed E-state index contributed by atoms with van der Waals surface area (Å²) >= 11 is 0. The molecule has 0 N–H and O–H groups in total. The quantitative estimate of drug-likeness (QED) is 0.162. The number of fused-ring (bicyclic) bond motifs is 6. The van der Waals surface area contributed by atoms with Crippen molar-refractivity contribution in [1.82, 2.24) is 0 Å². The lowest BCUT2D eigenvalue weighted by Crippen LogP contribution is -2.23. The minimum absolute atomic E-state index is 0.00441. The summed E-state index contributed by atoms with van der Waals surface area (Å²) in [5.74, 6) is 0. The van der Waals surface area contributed by atoms with Gasteiger partial charge in [0.05, 0.1) is 12.3 Å². The largest absolute Gasteiger partial charge is 0.0636 e. The van der Waals surface area contributed by atoms with E-state index in [4.69, 9.17) is 8.22 Å². The second-order valence-corrected chi connectivity index (χ2v) is 10.2. The highest BCUT2D eigenvalue weighted by Gasteiger charge is 2.33. The Bertz CT molecular complexity index is 2540. The molecular weight excluding hydrogens is 444 g/mol. The third-order valence-electron chi connectivity index (χ3n) is 7.83. The fourth-order valence-electron chi connectivity index (χ4n) is 6.03. The molecule has 0 nitrogen and oxygen atoms in total. The monoisotopic (exact) mass is 479 g/mol. The van der Waals surface area contributed by atoms with Gasteiger partial charge in [0.1, 0.15) is 0 Å². The standard InChI is InChI=1S/C37H26/c1-37(2)33-20-18-26(22-32(33)29-15-7-11-24-12-8-16-34(37)36(24)29)35-28-14-6-4-10-25(28)21-31-27-13-5-3-9-23(27)17-19-30(31)35/h3-22H,1-2H3/i7D,8D,11D,12D,15D,16D,18D,20D,22D. The van der Waals surface area contributed by atoms with Crippen LogP contribution >= 0.6 is 0 Å². The van der Waals surface area contributed by atoms with Gasteiger partial charge in [-0.15, -0.1) is 0 Å². The Hall–Kier alpha value is -4.42. The molecule has 0 saturated carbocycles. The van der Waals surface area contributed by atoms with Crippen LogP contribution in [0.2, 0.25) is 0 Å². The van der Waals surface area contributed by atoms with E-state index in [2.05, 4.69) is 6.07 Å². The average Bonchev–Trinajstić information content (AvgIpc) is 3.04. The average molecular weight is 480 g/mol. The van der Waals surface area contributed by atoms with E-state index in [-0.39, 0.29) is 80.9 Å². The number of benzene rings is 7. The van der Waals surface area contributed by atoms with E-state index >= 15 is 0 Å². The van der Waals surface area contributed by atoms with E-state index in [0.717, 1.165) is 32.3 Å². The maximum absolute atomic E-state index is 9.84. The van der Waals surface area contributed by atoms with Gasteiger partial charge in [-0.2, -0.15) is 0 Å². The molecule has 0 radical (unpaired) electrons. The van der Waals surface area contributed by atoms with E-state index in [1.165, 1.54) is 0 Å². The highest BCUT2D eigenvalue weighted by Crippen LogP contribution is 2.50. The van der Waals surface area contributed by atoms with Crippen molar-refractivity contribution < 1.29 is 12.3 Å². The van der Waals surface area contributed by atoms with Crippen LogP contribution in [0.25, 0.3) is 65.3 Å². The van der Waals surface area contributed by atoms with Gasteiger partial charge in [0.25, 0.3) is 0 Å². The third kappa shape index (κ3) is 2.79. The maximum atomic E-state index is 9.84. The van der Waals surface area contributed by atoms with Crippen LogP contribution in [0.3, 0.4) is 0 Å². The minimum Gasteiger partial charge on any atom is -0.0616 e. The van der Waals surface area contributed by atoms with Gasteiger partial charge in [0.15, 0.2) is 0 Å². The van der Waals surface area contributed by atoms with Crippen LogP contribution in [-0.4, -0.2) is 0 Å². The molecule has 0 atom stereocenters. The number of hydrogen-bond acceptors (Lipinski definition) is 0. The zero-order valence-electron chi connectivity index (χ0n) is 29.4. The Morgan fingerprint density at radius 3 is 2.19 bits per heavy atom. The van der Waals surface area contributed by atoms with E-state index in [1.807, 2.05) is 60.7 Å². The molecule has 0 bridgehead atoms. The van der Waals surface area contributed by atoms with E-state index in [1.54, 1.807) is 13.8 Å². The summed E-state index contributed by atoms with van der Waals surface area (Å²) in [5.41, 5.74) is 0.530. The van der Waals surface area contributed by atoms with Gasteiger partial charge in [-0.25, -0.2) is 0 Å². The zero-order valence-corrected chi connectivity index (χ0v) is 20.4. The molecule has 0 amide bonds. The van der Waals surface area contributed by atoms with Crippen molar-refractivity contribution in [3.05, 3.63) is 132 Å². The van der Waals surface area contributed by atoms with E-state index < -0.39 is 17.5 Å². The van der Waals surface area contributed by atoms with Crippen molar-refractivity contribution in [2.75, 3.05) is 0 Å². The van der Waals surface area contributed by atoms with Crippen LogP contribution in [-0.2, 0) is 5.41 Å². The predicted molar refractivity (Wildman–Crippen MR) is 159 cm³/mol. The Kier molecular flexibility index (Phi) is 2.72. The van der Waals surface area contributed by atoms with Gasteiger partial charge in [-0.1, -0.05) is 123 Å². The van der Waals surface area contributed by atoms with Gasteiger partial charge in [0.2, 0.25) is 0 Å². The Morgan fingerprint density at radius 2 is 1.32 bits per heavy atom. The van der Waals surface area contributed by atoms with Gasteiger partial charge in [-0.05, 0) is 88.6 Å². The number of rotatable bonds is 1. The van der Waals surface area contributed by atoms with Crippen LogP contribution < -0.4 is 0 Å². The summed E-state index contributed by atoms with van der Waals surface area (Å²) in [6.07, 6.45) is 0. The van der Waals surface area contributed by atoms with Crippen molar-refractivity contribution in [3.8, 4) is 22.3 Å². The lowest BCUT2D eigenvalue weighted by atomic mass is 9.68. The summed E-state index contributed by atoms with van der Waals surface area (Å²) < 4.78 is 81.4. The third-order valence-corrected chi connectivity index (χ3v) is 7.83. The van der Waals surface area contributed by atoms with Crippen molar-refractivity contribution in [2.45, 2.75) is 19.3 Å². The van der Waals surface area contributed by atoms with Crippen LogP contribution in [0.1, 0.15) is 37.3 Å². The maximum Gasteiger partial charge on any atom is 0.0636 e. The first-order valence-corrected chi connectivity index (χ1v) is 12.4. The van der Waals surface area contributed by atoms with Crippen molar-refractivity contribution in [3.63, 3.8) is 0 Å². The molecule has 0 aromatic heterocycles. The molecule has 8 rings (SSSR count). The Labute approximate surface area is 229 Å². The summed E-state index contributed by atoms with van der Waals surface area (Å²) in [7, 11) is 0. The SMILES string of the molecule is [2H]c1c([2H])c2c(c([2H])c1-c1c3ccccc3cc3c1ccc1ccccc13)-c1c([2H])c([2H])c([2H])c3c([2H])c([2H])c([2H])c(c13)C2(C)C. The summed E-state index contributed by atoms with van der Waals surface area (Å²) in [6.45, 7) is 3.53. The van der Waals surface area contributed by atoms with Gasteiger partial charge in [0, 0.05) is 5.41 Å². The lowest BCUT2D eigenvalue weighted by Gasteiger charge is -2.35. The molecule has 0 heterocycles. The highest BCUT2D eigenvalue weighted by atomic mass is 14.4. The first-order chi connectivity index (χ1) is 21.9. The molecule has 7 aromatic rings. The zero-order chi connectivity index (χ0) is 32.6. The summed E-state index contributed by atoms with van der Waals surface area (Å²) in [5, 5.41) is 5.76. The lowest BCUT2D eigenvalue weighted by molar-refractivity contribution is 0.645. The predicted octanol–water partition coefficient (Wildman–Crippen LogP) is 10.3. The molecule has 174 valence electrons. The van der Waals surface area contributed by atoms with Gasteiger partial charge in [-0.3, -0.25) is 0 Å². The molecule has 0 heteroatoms. The smallest absolute Gasteiger partial charge is 0.0616 e. The van der Waals surface area contributed by atoms with E-state index in [9.17, 15) is 4.11 Å². The first-order valence-electron chi connectivity index (χ1n) is 16.9. The molecule has 37 heavy (non-hydrogen) atoms. The number of hydrogen-bond donors (Lipinski definition) is 0. The van der Waals surface area contributed by atoms with Crippen molar-refractivity contribution in [2.24, 2.45) is 0 Å². The molecule has 1 aliphatic rings. The Morgan fingerprint density at radius 1 is 0.568 bits per heavy atom. The summed E-state index contributed by atoms with van der Waals surface area (Å²) in [4.78, 5) is 0. The topological polar surface area (TPSA) is 0 Å². The first kappa shape index (κ1) is 13.8. The molecule has 0 spiro atoms. The fraction of sp³-hybridized carbons (Fsp3) is 0.0811. The normalized spacial score (nSPS) is 17.3. The van der Waals surface area contributed by atoms with Crippen molar-refractivity contribution in [1.29, 1.82) is 0 Å². The van der Waals surface area contributed by atoms with Crippen molar-refractivity contribution >= 4 is 43.1 Å². The van der Waals surface area contributed by atoms with E-state index in [0.29, 0.717) is 5.56 Å². The molecule has 0 unspecified atom stereocenters. The van der Waals surface area contributed by atoms with Crippen LogP contribution in [0, 0.1) is 0 Å². The minimum atomic E-state index is -1.18. The molecule has 0 fully saturated rings. The van der Waals surface area contributed by atoms with Gasteiger partial charge >= 0.3 is 0 Å². The fourth-order valence-corrected chi connectivity index (χ4v) is 6.03. The second-order valence-electron chi connectivity index (χ2n) is 10.2. The van der Waals surface area contributed by atoms with Crippen LogP contribution in [0.15, 0.2) is 121 Å². The molecular formula is C37H26. The van der Waals surface area contributed by atoms with Crippen LogP contribution in [0.5, 0.6) is 0 Å². The molecule has 1 aliphatic carbocycles. The van der Waals surface area contributed by atoms with Crippen LogP contribution in [0.4, 0.5) is 0 Å². The van der Waals surface area contributed by atoms with Gasteiger partial charge < -0.3 is 0 Å². The molecule has 0 aliphatic heterocycles. The highest BCUT2D eigenvalue weighted by molar-refractivity contribution is 6.20. The molecule has 7 aromatic carbocycles.